The van der Waals surface area contributed by atoms with E-state index < -0.39 is 0 Å². The van der Waals surface area contributed by atoms with Gasteiger partial charge in [0.25, 0.3) is 0 Å². The molecule has 0 fully saturated rings. The summed E-state index contributed by atoms with van der Waals surface area (Å²) in [6.45, 7) is 8.71. The number of rotatable bonds is 8. The van der Waals surface area contributed by atoms with E-state index in [1.165, 1.54) is 0 Å². The molecule has 0 radical (unpaired) electrons. The molecule has 0 bridgehead atoms. The van der Waals surface area contributed by atoms with E-state index in [0.29, 0.717) is 24.7 Å². The fourth-order valence-electron chi connectivity index (χ4n) is 3.70. The summed E-state index contributed by atoms with van der Waals surface area (Å²) < 4.78 is 3.57. The van der Waals surface area contributed by atoms with Crippen molar-refractivity contribution in [3.63, 3.8) is 0 Å². The van der Waals surface area contributed by atoms with Crippen LogP contribution < -0.4 is 0 Å². The lowest BCUT2D eigenvalue weighted by Gasteiger charge is -2.08. The van der Waals surface area contributed by atoms with Crippen LogP contribution >= 0.6 is 0 Å². The lowest BCUT2D eigenvalue weighted by Crippen LogP contribution is -2.05. The van der Waals surface area contributed by atoms with Crippen molar-refractivity contribution in [3.8, 4) is 22.8 Å². The van der Waals surface area contributed by atoms with Crippen molar-refractivity contribution in [2.24, 2.45) is 0 Å². The average molecular weight is 447 g/mol. The Morgan fingerprint density at radius 3 is 1.47 bits per heavy atom. The van der Waals surface area contributed by atoms with E-state index in [1.807, 2.05) is 60.7 Å². The molecule has 0 N–H and O–H groups in total. The summed E-state index contributed by atoms with van der Waals surface area (Å²) in [4.78, 5) is 0. The maximum Gasteiger partial charge on any atom is 0.182 e. The molecule has 0 aliphatic carbocycles. The topological polar surface area (TPSA) is 87.2 Å². The second-order valence-electron chi connectivity index (χ2n) is 7.79. The maximum absolute atomic E-state index is 4.26. The van der Waals surface area contributed by atoms with Crippen molar-refractivity contribution < 1.29 is 0 Å². The molecule has 2 aromatic heterocycles. The first-order valence-corrected chi connectivity index (χ1v) is 10.8. The fraction of sp³-hybridized carbons (Fsp3) is 0.0769. The molecule has 34 heavy (non-hydrogen) atoms. The molecule has 0 amide bonds. The predicted octanol–water partition coefficient (Wildman–Crippen LogP) is 4.38. The standard InChI is InChI=1S/C26H22N8/c1-3-19-8-12-21(13-9-19)17-33-25(27-29-31-33)23-6-5-7-24(16-23)26-28-30-32-34(26)18-22-14-10-20(4-2)11-15-22/h3-16H,1-2,17-18H2. The number of nitrogens with zero attached hydrogens (tertiary/aromatic N) is 8. The zero-order valence-electron chi connectivity index (χ0n) is 18.5. The van der Waals surface area contributed by atoms with Crippen molar-refractivity contribution >= 4 is 12.2 Å². The molecule has 2 heterocycles. The van der Waals surface area contributed by atoms with Gasteiger partial charge in [-0.1, -0.05) is 92.0 Å². The summed E-state index contributed by atoms with van der Waals surface area (Å²) in [7, 11) is 0. The summed E-state index contributed by atoms with van der Waals surface area (Å²) in [5, 5.41) is 24.7. The zero-order valence-corrected chi connectivity index (χ0v) is 18.5. The van der Waals surface area contributed by atoms with Crippen molar-refractivity contribution in [1.29, 1.82) is 0 Å². The molecule has 0 aliphatic rings. The van der Waals surface area contributed by atoms with E-state index in [0.717, 1.165) is 33.4 Å². The molecule has 5 aromatic rings. The fourth-order valence-corrected chi connectivity index (χ4v) is 3.70. The van der Waals surface area contributed by atoms with Crippen LogP contribution in [-0.4, -0.2) is 40.4 Å². The molecule has 0 aliphatic heterocycles. The Bertz CT molecular complexity index is 1320. The highest BCUT2D eigenvalue weighted by Crippen LogP contribution is 2.24. The Labute approximate surface area is 196 Å². The van der Waals surface area contributed by atoms with Gasteiger partial charge in [0.2, 0.25) is 0 Å². The third kappa shape index (κ3) is 4.42. The maximum atomic E-state index is 4.26. The van der Waals surface area contributed by atoms with E-state index in [-0.39, 0.29) is 0 Å². The highest BCUT2D eigenvalue weighted by molar-refractivity contribution is 5.66. The van der Waals surface area contributed by atoms with Crippen LogP contribution in [0.15, 0.2) is 86.0 Å². The highest BCUT2D eigenvalue weighted by atomic mass is 15.5. The second-order valence-corrected chi connectivity index (χ2v) is 7.79. The first-order valence-electron chi connectivity index (χ1n) is 10.8. The molecule has 166 valence electrons. The Morgan fingerprint density at radius 1 is 0.618 bits per heavy atom. The smallest absolute Gasteiger partial charge is 0.182 e. The summed E-state index contributed by atoms with van der Waals surface area (Å²) in [6.07, 6.45) is 3.64. The molecule has 0 saturated heterocycles. The normalized spacial score (nSPS) is 10.8. The van der Waals surface area contributed by atoms with Gasteiger partial charge in [-0.25, -0.2) is 9.36 Å². The van der Waals surface area contributed by atoms with Crippen molar-refractivity contribution in [3.05, 3.63) is 108 Å². The Kier molecular flexibility index (Phi) is 5.85. The average Bonchev–Trinajstić information content (AvgIpc) is 3.55. The van der Waals surface area contributed by atoms with E-state index in [2.05, 4.69) is 68.5 Å². The molecular formula is C26H22N8. The van der Waals surface area contributed by atoms with Crippen LogP contribution in [0.5, 0.6) is 0 Å². The third-order valence-electron chi connectivity index (χ3n) is 5.54. The van der Waals surface area contributed by atoms with Gasteiger partial charge < -0.3 is 0 Å². The van der Waals surface area contributed by atoms with Gasteiger partial charge in [-0.15, -0.1) is 10.2 Å². The number of benzene rings is 3. The van der Waals surface area contributed by atoms with E-state index in [1.54, 1.807) is 9.36 Å². The van der Waals surface area contributed by atoms with Gasteiger partial charge in [-0.05, 0) is 49.2 Å². The van der Waals surface area contributed by atoms with Gasteiger partial charge in [0.05, 0.1) is 13.1 Å². The largest absolute Gasteiger partial charge is 0.221 e. The molecule has 0 spiro atoms. The van der Waals surface area contributed by atoms with Crippen molar-refractivity contribution in [1.82, 2.24) is 40.4 Å². The van der Waals surface area contributed by atoms with Gasteiger partial charge >= 0.3 is 0 Å². The van der Waals surface area contributed by atoms with Gasteiger partial charge in [0.1, 0.15) is 0 Å². The van der Waals surface area contributed by atoms with Crippen molar-refractivity contribution in [2.45, 2.75) is 13.1 Å². The number of hydrogen-bond acceptors (Lipinski definition) is 6. The monoisotopic (exact) mass is 446 g/mol. The molecule has 8 heteroatoms. The summed E-state index contributed by atoms with van der Waals surface area (Å²) in [5.74, 6) is 1.35. The molecule has 5 rings (SSSR count). The van der Waals surface area contributed by atoms with Gasteiger partial charge in [0.15, 0.2) is 11.6 Å². The zero-order chi connectivity index (χ0) is 23.3. The van der Waals surface area contributed by atoms with E-state index >= 15 is 0 Å². The van der Waals surface area contributed by atoms with Crippen LogP contribution in [-0.2, 0) is 13.1 Å². The van der Waals surface area contributed by atoms with Crippen LogP contribution in [0.4, 0.5) is 0 Å². The highest BCUT2D eigenvalue weighted by Gasteiger charge is 2.14. The molecule has 0 unspecified atom stereocenters. The van der Waals surface area contributed by atoms with Crippen LogP contribution in [0.3, 0.4) is 0 Å². The van der Waals surface area contributed by atoms with Gasteiger partial charge in [-0.2, -0.15) is 0 Å². The second kappa shape index (κ2) is 9.41. The van der Waals surface area contributed by atoms with E-state index in [9.17, 15) is 0 Å². The summed E-state index contributed by atoms with van der Waals surface area (Å²) >= 11 is 0. The Morgan fingerprint density at radius 2 is 1.06 bits per heavy atom. The molecule has 0 saturated carbocycles. The van der Waals surface area contributed by atoms with Gasteiger partial charge in [0, 0.05) is 11.1 Å². The molecular weight excluding hydrogens is 424 g/mol. The lowest BCUT2D eigenvalue weighted by atomic mass is 10.1. The SMILES string of the molecule is C=Cc1ccc(Cn2nnnc2-c2cccc(-c3nnnn3Cc3ccc(C=C)cc3)c2)cc1. The predicted molar refractivity (Wildman–Crippen MR) is 131 cm³/mol. The minimum absolute atomic E-state index is 0.558. The Hall–Kier alpha value is -4.72. The van der Waals surface area contributed by atoms with Crippen molar-refractivity contribution in [2.75, 3.05) is 0 Å². The molecule has 3 aromatic carbocycles. The number of aromatic nitrogens is 8. The van der Waals surface area contributed by atoms with Gasteiger partial charge in [-0.3, -0.25) is 0 Å². The number of hydrogen-bond donors (Lipinski definition) is 0. The first kappa shape index (κ1) is 21.1. The lowest BCUT2D eigenvalue weighted by molar-refractivity contribution is 0.652. The van der Waals surface area contributed by atoms with Crippen LogP contribution in [0.1, 0.15) is 22.3 Å². The van der Waals surface area contributed by atoms with Crippen LogP contribution in [0, 0.1) is 0 Å². The molecule has 8 nitrogen and oxygen atoms in total. The first-order chi connectivity index (χ1) is 16.7. The van der Waals surface area contributed by atoms with Crippen LogP contribution in [0.2, 0.25) is 0 Å². The molecule has 0 atom stereocenters. The summed E-state index contributed by atoms with van der Waals surface area (Å²) in [5.41, 5.74) is 6.11. The van der Waals surface area contributed by atoms with Crippen LogP contribution in [0.25, 0.3) is 34.9 Å². The summed E-state index contributed by atoms with van der Waals surface area (Å²) in [6, 6.07) is 24.2. The minimum atomic E-state index is 0.558. The quantitative estimate of drug-likeness (QED) is 0.352. The van der Waals surface area contributed by atoms with E-state index in [4.69, 9.17) is 0 Å². The Balaban J connectivity index is 1.41. The minimum Gasteiger partial charge on any atom is -0.221 e. The number of tetrazole rings is 2. The third-order valence-corrected chi connectivity index (χ3v) is 5.54.